The summed E-state index contributed by atoms with van der Waals surface area (Å²) in [5, 5.41) is 9.66. The minimum Gasteiger partial charge on any atom is -0.376 e. The van der Waals surface area contributed by atoms with Crippen molar-refractivity contribution >= 4 is 11.8 Å². The first kappa shape index (κ1) is 16.4. The normalized spacial score (nSPS) is 18.0. The molecule has 1 atom stereocenters. The lowest BCUT2D eigenvalue weighted by atomic mass is 10.2. The first-order valence-electron chi connectivity index (χ1n) is 7.92. The van der Waals surface area contributed by atoms with Gasteiger partial charge in [0.15, 0.2) is 5.16 Å². The van der Waals surface area contributed by atoms with Gasteiger partial charge in [0.1, 0.15) is 5.82 Å². The molecular formula is C16H23N5OS. The smallest absolute Gasteiger partial charge is 0.191 e. The molecule has 3 rings (SSSR count). The summed E-state index contributed by atoms with van der Waals surface area (Å²) < 4.78 is 7.98. The van der Waals surface area contributed by atoms with Gasteiger partial charge in [0.25, 0.3) is 0 Å². The van der Waals surface area contributed by atoms with Gasteiger partial charge in [-0.2, -0.15) is 0 Å². The van der Waals surface area contributed by atoms with Gasteiger partial charge in [0, 0.05) is 19.3 Å². The number of thioether (sulfide) groups is 1. The highest BCUT2D eigenvalue weighted by atomic mass is 32.2. The summed E-state index contributed by atoms with van der Waals surface area (Å²) in [5.41, 5.74) is 1.06. The Morgan fingerprint density at radius 2 is 2.26 bits per heavy atom. The van der Waals surface area contributed by atoms with E-state index < -0.39 is 0 Å². The molecule has 0 amide bonds. The van der Waals surface area contributed by atoms with Crippen LogP contribution in [0, 0.1) is 0 Å². The van der Waals surface area contributed by atoms with Crippen LogP contribution in [-0.2, 0) is 24.4 Å². The fourth-order valence-electron chi connectivity index (χ4n) is 2.83. The van der Waals surface area contributed by atoms with Crippen LogP contribution >= 0.6 is 11.8 Å². The van der Waals surface area contributed by atoms with Crippen molar-refractivity contribution in [3.8, 4) is 0 Å². The Labute approximate surface area is 141 Å². The van der Waals surface area contributed by atoms with Crippen LogP contribution in [-0.4, -0.2) is 50.7 Å². The second-order valence-corrected chi connectivity index (χ2v) is 6.62. The van der Waals surface area contributed by atoms with Gasteiger partial charge in [0.2, 0.25) is 0 Å². The molecule has 0 radical (unpaired) electrons. The van der Waals surface area contributed by atoms with E-state index in [0.29, 0.717) is 0 Å². The maximum Gasteiger partial charge on any atom is 0.191 e. The Kier molecular flexibility index (Phi) is 5.64. The highest BCUT2D eigenvalue weighted by Gasteiger charge is 2.21. The number of aromatic nitrogens is 4. The summed E-state index contributed by atoms with van der Waals surface area (Å²) in [5.74, 6) is 0.989. The van der Waals surface area contributed by atoms with Crippen molar-refractivity contribution in [1.29, 1.82) is 0 Å². The molecule has 1 saturated heterocycles. The van der Waals surface area contributed by atoms with Crippen molar-refractivity contribution in [3.05, 3.63) is 35.9 Å². The van der Waals surface area contributed by atoms with E-state index in [1.165, 1.54) is 0 Å². The molecule has 0 bridgehead atoms. The van der Waals surface area contributed by atoms with E-state index in [9.17, 15) is 0 Å². The fraction of sp³-hybridized carbons (Fsp3) is 0.562. The quantitative estimate of drug-likeness (QED) is 0.724. The molecule has 1 aliphatic rings. The molecule has 1 fully saturated rings. The Morgan fingerprint density at radius 3 is 2.96 bits per heavy atom. The van der Waals surface area contributed by atoms with E-state index in [0.717, 1.165) is 55.8 Å². The Bertz CT molecular complexity index is 612. The average molecular weight is 333 g/mol. The zero-order valence-electron chi connectivity index (χ0n) is 13.7. The SMILES string of the molecule is CSc1nnc(CN(C)Cc2ccccn2)n1C[C@H]1CCCO1. The molecule has 0 saturated carbocycles. The van der Waals surface area contributed by atoms with Crippen LogP contribution in [0.3, 0.4) is 0 Å². The van der Waals surface area contributed by atoms with Gasteiger partial charge in [-0.25, -0.2) is 0 Å². The van der Waals surface area contributed by atoms with Gasteiger partial charge >= 0.3 is 0 Å². The second kappa shape index (κ2) is 7.90. The van der Waals surface area contributed by atoms with Gasteiger partial charge in [-0.3, -0.25) is 9.88 Å². The van der Waals surface area contributed by atoms with E-state index in [4.69, 9.17) is 4.74 Å². The van der Waals surface area contributed by atoms with Crippen molar-refractivity contribution < 1.29 is 4.74 Å². The first-order chi connectivity index (χ1) is 11.3. The van der Waals surface area contributed by atoms with E-state index in [2.05, 4.69) is 31.7 Å². The molecule has 0 aromatic carbocycles. The predicted octanol–water partition coefficient (Wildman–Crippen LogP) is 2.21. The zero-order valence-corrected chi connectivity index (χ0v) is 14.5. The molecule has 1 aliphatic heterocycles. The maximum atomic E-state index is 5.77. The van der Waals surface area contributed by atoms with E-state index in [-0.39, 0.29) is 6.10 Å². The minimum atomic E-state index is 0.289. The third-order valence-electron chi connectivity index (χ3n) is 3.96. The van der Waals surface area contributed by atoms with Crippen molar-refractivity contribution in [2.75, 3.05) is 19.9 Å². The summed E-state index contributed by atoms with van der Waals surface area (Å²) in [6, 6.07) is 6.00. The van der Waals surface area contributed by atoms with E-state index in [1.807, 2.05) is 30.7 Å². The van der Waals surface area contributed by atoms with Crippen LogP contribution < -0.4 is 0 Å². The van der Waals surface area contributed by atoms with Gasteiger partial charge in [-0.15, -0.1) is 10.2 Å². The topological polar surface area (TPSA) is 56.1 Å². The number of rotatable bonds is 7. The van der Waals surface area contributed by atoms with Crippen LogP contribution in [0.2, 0.25) is 0 Å². The number of nitrogens with zero attached hydrogens (tertiary/aromatic N) is 5. The molecular weight excluding hydrogens is 310 g/mol. The number of hydrogen-bond acceptors (Lipinski definition) is 6. The summed E-state index contributed by atoms with van der Waals surface area (Å²) >= 11 is 1.63. The Balaban J connectivity index is 1.67. The summed E-state index contributed by atoms with van der Waals surface area (Å²) in [6.45, 7) is 3.26. The number of hydrogen-bond donors (Lipinski definition) is 0. The first-order valence-corrected chi connectivity index (χ1v) is 9.15. The minimum absolute atomic E-state index is 0.289. The lowest BCUT2D eigenvalue weighted by Crippen LogP contribution is -2.23. The zero-order chi connectivity index (χ0) is 16.1. The fourth-order valence-corrected chi connectivity index (χ4v) is 3.35. The molecule has 0 aliphatic carbocycles. The largest absolute Gasteiger partial charge is 0.376 e. The van der Waals surface area contributed by atoms with Gasteiger partial charge in [-0.1, -0.05) is 17.8 Å². The second-order valence-electron chi connectivity index (χ2n) is 5.84. The van der Waals surface area contributed by atoms with E-state index in [1.54, 1.807) is 11.8 Å². The average Bonchev–Trinajstić information content (AvgIpc) is 3.19. The Hall–Kier alpha value is -1.44. The standard InChI is InChI=1S/C16H23N5OS/c1-20(10-13-6-3-4-8-17-13)12-15-18-19-16(23-2)21(15)11-14-7-5-9-22-14/h3-4,6,8,14H,5,7,9-12H2,1-2H3/t14-/m1/s1. The molecule has 124 valence electrons. The van der Waals surface area contributed by atoms with Crippen LogP contribution in [0.4, 0.5) is 0 Å². The molecule has 0 unspecified atom stereocenters. The highest BCUT2D eigenvalue weighted by molar-refractivity contribution is 7.98. The molecule has 6 nitrogen and oxygen atoms in total. The lowest BCUT2D eigenvalue weighted by molar-refractivity contribution is 0.0934. The summed E-state index contributed by atoms with van der Waals surface area (Å²) in [7, 11) is 2.08. The van der Waals surface area contributed by atoms with Gasteiger partial charge in [0.05, 0.1) is 24.9 Å². The van der Waals surface area contributed by atoms with Crippen molar-refractivity contribution in [1.82, 2.24) is 24.6 Å². The molecule has 2 aromatic rings. The molecule has 23 heavy (non-hydrogen) atoms. The molecule has 0 N–H and O–H groups in total. The summed E-state index contributed by atoms with van der Waals surface area (Å²) in [6.07, 6.45) is 6.43. The maximum absolute atomic E-state index is 5.77. The van der Waals surface area contributed by atoms with Crippen LogP contribution in [0.1, 0.15) is 24.4 Å². The van der Waals surface area contributed by atoms with Crippen LogP contribution in [0.25, 0.3) is 0 Å². The predicted molar refractivity (Wildman–Crippen MR) is 90.2 cm³/mol. The van der Waals surface area contributed by atoms with Crippen LogP contribution in [0.5, 0.6) is 0 Å². The molecule has 2 aromatic heterocycles. The van der Waals surface area contributed by atoms with Gasteiger partial charge < -0.3 is 9.30 Å². The monoisotopic (exact) mass is 333 g/mol. The number of pyridine rings is 1. The number of ether oxygens (including phenoxy) is 1. The lowest BCUT2D eigenvalue weighted by Gasteiger charge is -2.18. The van der Waals surface area contributed by atoms with Crippen molar-refractivity contribution in [2.45, 2.75) is 43.7 Å². The van der Waals surface area contributed by atoms with E-state index >= 15 is 0 Å². The molecule has 0 spiro atoms. The molecule has 7 heteroatoms. The van der Waals surface area contributed by atoms with Crippen molar-refractivity contribution in [2.24, 2.45) is 0 Å². The van der Waals surface area contributed by atoms with Crippen molar-refractivity contribution in [3.63, 3.8) is 0 Å². The highest BCUT2D eigenvalue weighted by Crippen LogP contribution is 2.20. The van der Waals surface area contributed by atoms with Crippen LogP contribution in [0.15, 0.2) is 29.6 Å². The Morgan fingerprint density at radius 1 is 1.35 bits per heavy atom. The summed E-state index contributed by atoms with van der Waals surface area (Å²) in [4.78, 5) is 6.59. The molecule has 3 heterocycles. The third-order valence-corrected chi connectivity index (χ3v) is 4.62. The van der Waals surface area contributed by atoms with Gasteiger partial charge in [-0.05, 0) is 38.3 Å². The third kappa shape index (κ3) is 4.31.